The number of anilines is 1. The Morgan fingerprint density at radius 3 is 2.85 bits per heavy atom. The quantitative estimate of drug-likeness (QED) is 0.391. The number of para-hydroxylation sites is 1. The molecule has 0 radical (unpaired) electrons. The van der Waals surface area contributed by atoms with Crippen LogP contribution in [0.15, 0.2) is 29.3 Å². The van der Waals surface area contributed by atoms with Crippen LogP contribution in [-0.4, -0.2) is 62.6 Å². The van der Waals surface area contributed by atoms with E-state index in [2.05, 4.69) is 33.5 Å². The Labute approximate surface area is 173 Å². The zero-order valence-electron chi connectivity index (χ0n) is 15.7. The van der Waals surface area contributed by atoms with Crippen LogP contribution < -0.4 is 15.5 Å². The van der Waals surface area contributed by atoms with Crippen LogP contribution in [0.1, 0.15) is 25.3 Å². The largest absolute Gasteiger partial charge is 0.355 e. The fourth-order valence-corrected chi connectivity index (χ4v) is 3.83. The minimum Gasteiger partial charge on any atom is -0.355 e. The van der Waals surface area contributed by atoms with Crippen molar-refractivity contribution in [2.75, 3.05) is 44.7 Å². The number of amides is 1. The number of guanidine groups is 1. The maximum Gasteiger partial charge on any atom is 0.246 e. The van der Waals surface area contributed by atoms with E-state index in [0.717, 1.165) is 31.7 Å². The zero-order chi connectivity index (χ0) is 17.6. The van der Waals surface area contributed by atoms with Gasteiger partial charge in [-0.1, -0.05) is 25.1 Å². The molecule has 3 rings (SSSR count). The lowest BCUT2D eigenvalue weighted by Gasteiger charge is -2.24. The highest BCUT2D eigenvalue weighted by molar-refractivity contribution is 14.0. The second-order valence-corrected chi connectivity index (χ2v) is 6.66. The highest BCUT2D eigenvalue weighted by Gasteiger charge is 2.25. The van der Waals surface area contributed by atoms with Gasteiger partial charge in [0, 0.05) is 31.9 Å². The summed E-state index contributed by atoms with van der Waals surface area (Å²) in [6.45, 7) is 6.37. The van der Waals surface area contributed by atoms with E-state index in [1.807, 2.05) is 23.1 Å². The van der Waals surface area contributed by atoms with Gasteiger partial charge in [-0.2, -0.15) is 0 Å². The van der Waals surface area contributed by atoms with Gasteiger partial charge in [0.05, 0.1) is 6.54 Å². The number of nitrogens with zero attached hydrogens (tertiary/aromatic N) is 3. The Morgan fingerprint density at radius 2 is 2.08 bits per heavy atom. The number of aliphatic imine (C=N–C) groups is 1. The second kappa shape index (κ2) is 10.1. The van der Waals surface area contributed by atoms with Crippen molar-refractivity contribution in [3.05, 3.63) is 29.8 Å². The lowest BCUT2D eigenvalue weighted by molar-refractivity contribution is -0.117. The molecule has 0 aromatic heterocycles. The number of likely N-dealkylation sites (tertiary alicyclic amines) is 1. The zero-order valence-corrected chi connectivity index (χ0v) is 18.0. The van der Waals surface area contributed by atoms with E-state index < -0.39 is 0 Å². The van der Waals surface area contributed by atoms with Crippen molar-refractivity contribution in [3.63, 3.8) is 0 Å². The molecular weight excluding hydrogens is 441 g/mol. The summed E-state index contributed by atoms with van der Waals surface area (Å²) in [6, 6.07) is 8.69. The summed E-state index contributed by atoms with van der Waals surface area (Å²) in [5.41, 5.74) is 2.29. The van der Waals surface area contributed by atoms with Crippen molar-refractivity contribution in [2.24, 2.45) is 4.99 Å². The third kappa shape index (κ3) is 4.88. The molecule has 1 unspecified atom stereocenters. The molecule has 1 amide bonds. The van der Waals surface area contributed by atoms with Crippen molar-refractivity contribution in [3.8, 4) is 0 Å². The summed E-state index contributed by atoms with van der Waals surface area (Å²) in [4.78, 5) is 21.2. The fraction of sp³-hybridized carbons (Fsp3) is 0.579. The van der Waals surface area contributed by atoms with Crippen LogP contribution in [0, 0.1) is 0 Å². The average molecular weight is 471 g/mol. The minimum absolute atomic E-state index is 0. The number of likely N-dealkylation sites (N-methyl/N-ethyl adjacent to an activating group) is 1. The standard InChI is InChI=1S/C19H29N5O.HI/c1-3-23-11-6-8-16(23)13-21-19(20-2)22-14-18(25)24-12-10-15-7-4-5-9-17(15)24;/h4-5,7,9,16H,3,6,8,10-14H2,1-2H3,(H2,20,21,22);1H. The minimum atomic E-state index is 0. The van der Waals surface area contributed by atoms with Crippen LogP contribution in [0.5, 0.6) is 0 Å². The normalized spacial score (nSPS) is 19.8. The molecule has 2 aliphatic heterocycles. The van der Waals surface area contributed by atoms with Gasteiger partial charge in [0.15, 0.2) is 5.96 Å². The first-order valence-corrected chi connectivity index (χ1v) is 9.29. The molecule has 0 aliphatic carbocycles. The van der Waals surface area contributed by atoms with Gasteiger partial charge in [0.2, 0.25) is 5.91 Å². The monoisotopic (exact) mass is 471 g/mol. The SMILES string of the molecule is CCN1CCCC1CNC(=NC)NCC(=O)N1CCc2ccccc21.I. The topological polar surface area (TPSA) is 60.0 Å². The molecular formula is C19H30IN5O. The summed E-state index contributed by atoms with van der Waals surface area (Å²) < 4.78 is 0. The summed E-state index contributed by atoms with van der Waals surface area (Å²) in [5.74, 6) is 0.785. The highest BCUT2D eigenvalue weighted by Crippen LogP contribution is 2.27. The predicted molar refractivity (Wildman–Crippen MR) is 118 cm³/mol. The maximum atomic E-state index is 12.6. The molecule has 2 heterocycles. The maximum absolute atomic E-state index is 12.6. The van der Waals surface area contributed by atoms with Crippen molar-refractivity contribution in [1.82, 2.24) is 15.5 Å². The van der Waals surface area contributed by atoms with Crippen LogP contribution in [0.2, 0.25) is 0 Å². The second-order valence-electron chi connectivity index (χ2n) is 6.66. The molecule has 1 aromatic carbocycles. The fourth-order valence-electron chi connectivity index (χ4n) is 3.83. The molecule has 2 aliphatic rings. The number of benzene rings is 1. The smallest absolute Gasteiger partial charge is 0.246 e. The van der Waals surface area contributed by atoms with Gasteiger partial charge < -0.3 is 15.5 Å². The van der Waals surface area contributed by atoms with Crippen LogP contribution in [0.25, 0.3) is 0 Å². The third-order valence-corrected chi connectivity index (χ3v) is 5.23. The van der Waals surface area contributed by atoms with Gasteiger partial charge >= 0.3 is 0 Å². The highest BCUT2D eigenvalue weighted by atomic mass is 127. The van der Waals surface area contributed by atoms with Gasteiger partial charge in [0.25, 0.3) is 0 Å². The molecule has 1 fully saturated rings. The van der Waals surface area contributed by atoms with Crippen molar-refractivity contribution >= 4 is 41.5 Å². The third-order valence-electron chi connectivity index (χ3n) is 5.23. The van der Waals surface area contributed by atoms with E-state index in [0.29, 0.717) is 12.0 Å². The van der Waals surface area contributed by atoms with Crippen molar-refractivity contribution < 1.29 is 4.79 Å². The Hall–Kier alpha value is -1.35. The summed E-state index contributed by atoms with van der Waals surface area (Å²) >= 11 is 0. The first-order valence-electron chi connectivity index (χ1n) is 9.29. The summed E-state index contributed by atoms with van der Waals surface area (Å²) in [6.07, 6.45) is 3.42. The van der Waals surface area contributed by atoms with Crippen molar-refractivity contribution in [2.45, 2.75) is 32.2 Å². The molecule has 1 saturated heterocycles. The number of carbonyl (C=O) groups is 1. The van der Waals surface area contributed by atoms with E-state index in [1.165, 1.54) is 24.9 Å². The average Bonchev–Trinajstić information content (AvgIpc) is 3.28. The van der Waals surface area contributed by atoms with E-state index in [4.69, 9.17) is 0 Å². The molecule has 26 heavy (non-hydrogen) atoms. The Kier molecular flexibility index (Phi) is 8.15. The molecule has 0 spiro atoms. The first kappa shape index (κ1) is 21.0. The van der Waals surface area contributed by atoms with Gasteiger partial charge in [-0.3, -0.25) is 14.7 Å². The van der Waals surface area contributed by atoms with Crippen LogP contribution in [0.3, 0.4) is 0 Å². The molecule has 7 heteroatoms. The first-order chi connectivity index (χ1) is 12.2. The van der Waals surface area contributed by atoms with Crippen LogP contribution in [0.4, 0.5) is 5.69 Å². The van der Waals surface area contributed by atoms with Gasteiger partial charge in [-0.25, -0.2) is 0 Å². The molecule has 6 nitrogen and oxygen atoms in total. The van der Waals surface area contributed by atoms with Crippen LogP contribution >= 0.6 is 24.0 Å². The van der Waals surface area contributed by atoms with Gasteiger partial charge in [-0.05, 0) is 44.0 Å². The lowest BCUT2D eigenvalue weighted by atomic mass is 10.2. The van der Waals surface area contributed by atoms with E-state index in [-0.39, 0.29) is 36.4 Å². The molecule has 1 atom stereocenters. The molecule has 0 bridgehead atoms. The summed E-state index contributed by atoms with van der Waals surface area (Å²) in [7, 11) is 1.75. The van der Waals surface area contributed by atoms with E-state index in [9.17, 15) is 4.79 Å². The Balaban J connectivity index is 0.00000243. The molecule has 0 saturated carbocycles. The Bertz CT molecular complexity index is 636. The van der Waals surface area contributed by atoms with Crippen LogP contribution in [-0.2, 0) is 11.2 Å². The molecule has 144 valence electrons. The lowest BCUT2D eigenvalue weighted by Crippen LogP contribution is -2.47. The number of carbonyl (C=O) groups excluding carboxylic acids is 1. The van der Waals surface area contributed by atoms with E-state index in [1.54, 1.807) is 7.05 Å². The number of hydrogen-bond acceptors (Lipinski definition) is 3. The van der Waals surface area contributed by atoms with Gasteiger partial charge in [-0.15, -0.1) is 24.0 Å². The Morgan fingerprint density at radius 1 is 1.27 bits per heavy atom. The van der Waals surface area contributed by atoms with Gasteiger partial charge in [0.1, 0.15) is 0 Å². The number of rotatable bonds is 5. The van der Waals surface area contributed by atoms with E-state index >= 15 is 0 Å². The number of fused-ring (bicyclic) bond motifs is 1. The number of nitrogens with one attached hydrogen (secondary N) is 2. The number of hydrogen-bond donors (Lipinski definition) is 2. The van der Waals surface area contributed by atoms with Crippen molar-refractivity contribution in [1.29, 1.82) is 0 Å². The molecule has 2 N–H and O–H groups in total. The summed E-state index contributed by atoms with van der Waals surface area (Å²) in [5, 5.41) is 6.53. The predicted octanol–water partition coefficient (Wildman–Crippen LogP) is 1.84. The molecule has 1 aromatic rings. The number of halogens is 1.